The van der Waals surface area contributed by atoms with Gasteiger partial charge in [0.15, 0.2) is 0 Å². The minimum Gasteiger partial charge on any atom is -0.457 e. The van der Waals surface area contributed by atoms with E-state index in [0.717, 1.165) is 0 Å². The number of hydrogen-bond donors (Lipinski definition) is 0. The van der Waals surface area contributed by atoms with Gasteiger partial charge in [-0.15, -0.1) is 0 Å². The van der Waals surface area contributed by atoms with E-state index in [-0.39, 0.29) is 311 Å². The van der Waals surface area contributed by atoms with E-state index < -0.39 is 0 Å². The molecule has 0 rings (SSSR count). The van der Waals surface area contributed by atoms with Gasteiger partial charge in [-0.3, -0.25) is 0 Å². The first kappa shape index (κ1) is 2710. The zero-order valence-corrected chi connectivity index (χ0v) is 40.0. The first-order chi connectivity index (χ1) is 0. The topological polar surface area (TPSA) is 824 Å². The van der Waals surface area contributed by atoms with E-state index in [0.29, 0.717) is 0 Å². The van der Waals surface area contributed by atoms with Crippen LogP contribution in [0.5, 0.6) is 0 Å². The Morgan fingerprint density at radius 1 is 0.0882 bits per heavy atom. The van der Waals surface area contributed by atoms with Crippen molar-refractivity contribution in [3.63, 3.8) is 0 Å². The van der Waals surface area contributed by atoms with Crippen LogP contribution in [0.25, 0.3) is 0 Å². The average molecular weight is 1940 g/mol. The van der Waals surface area contributed by atoms with Gasteiger partial charge in [0, 0.05) is 169 Å². The van der Waals surface area contributed by atoms with E-state index in [1.807, 2.05) is 0 Å². The maximum atomic E-state index is 0. The summed E-state index contributed by atoms with van der Waals surface area (Å²) in [6.07, 6.45) is 0. The van der Waals surface area contributed by atoms with Gasteiger partial charge in [-0.25, -0.2) is 0 Å². The zero-order chi connectivity index (χ0) is 0. The molecule has 0 unspecified atom stereocenters. The van der Waals surface area contributed by atoms with Crippen molar-refractivity contribution >= 4 is 0 Å². The van der Waals surface area contributed by atoms with Crippen LogP contribution in [-0.2, 0) is 185 Å². The number of rotatable bonds is 0. The smallest absolute Gasteiger partial charge is 0 e. The fraction of sp³-hybridized carbons (Fsp3) is 0. The SMILES string of the molecule is O.O.O.O.O.O.O.O.O.O.O.O.O.O.O.O.O.O.O.O.O.O.O.[OH3+].[OH3+].[OH3+].[W].[W].[W].[W].[W].[W].[W].[W]. The van der Waals surface area contributed by atoms with Gasteiger partial charge in [0.25, 0.3) is 0 Å². The molecule has 0 spiro atoms. The zero-order valence-electron chi connectivity index (χ0n) is 16.5. The van der Waals surface area contributed by atoms with Crippen LogP contribution in [0.4, 0.5) is 0 Å². The van der Waals surface area contributed by atoms with Gasteiger partial charge in [0.05, 0.1) is 0 Å². The summed E-state index contributed by atoms with van der Waals surface area (Å²) < 4.78 is 0. The molecule has 0 aliphatic carbocycles. The van der Waals surface area contributed by atoms with Crippen molar-refractivity contribution in [3.05, 3.63) is 0 Å². The van der Waals surface area contributed by atoms with Crippen LogP contribution in [0.15, 0.2) is 0 Å². The molecule has 0 atom stereocenters. The molecule has 26 nitrogen and oxygen atoms in total. The van der Waals surface area contributed by atoms with E-state index >= 15 is 0 Å². The standard InChI is InChI=1S/26H2O.8W/h26*1H2;;;;;;;;/p+3. The second kappa shape index (κ2) is 2500. The Balaban J connectivity index is 0. The molecule has 0 bridgehead atoms. The molecule has 55 N–H and O–H groups in total. The third-order valence-corrected chi connectivity index (χ3v) is 0. The third kappa shape index (κ3) is 2300. The molecule has 0 radical (unpaired) electrons. The van der Waals surface area contributed by atoms with E-state index in [2.05, 4.69) is 0 Å². The van der Waals surface area contributed by atoms with Crippen LogP contribution >= 0.6 is 0 Å². The fourth-order valence-electron chi connectivity index (χ4n) is 0. The summed E-state index contributed by atoms with van der Waals surface area (Å²) in [7, 11) is 0. The summed E-state index contributed by atoms with van der Waals surface area (Å²) >= 11 is 0. The van der Waals surface area contributed by atoms with Crippen LogP contribution in [0.3, 0.4) is 0 Å². The first-order valence-electron chi connectivity index (χ1n) is 0. The van der Waals surface area contributed by atoms with E-state index in [9.17, 15) is 0 Å². The molecule has 0 aliphatic heterocycles. The minimum atomic E-state index is 0. The molecule has 0 saturated heterocycles. The molecular weight excluding hydrogens is 1890 g/mol. The molecule has 0 heterocycles. The molecule has 34 heavy (non-hydrogen) atoms. The Kier molecular flexibility index (Phi) is 199000. The molecule has 0 aromatic rings. The van der Waals surface area contributed by atoms with Gasteiger partial charge in [-0.1, -0.05) is 0 Å². The van der Waals surface area contributed by atoms with Crippen molar-refractivity contribution in [2.45, 2.75) is 0 Å². The summed E-state index contributed by atoms with van der Waals surface area (Å²) in [5.41, 5.74) is 0. The maximum Gasteiger partial charge on any atom is 0 e. The number of hydrogen-bond acceptors (Lipinski definition) is 0. The van der Waals surface area contributed by atoms with Gasteiger partial charge in [-0.05, 0) is 0 Å². The Bertz CT molecular complexity index is 26.8. The predicted molar refractivity (Wildman–Crippen MR) is 97.7 cm³/mol. The second-order valence-corrected chi connectivity index (χ2v) is 0. The molecule has 256 valence electrons. The van der Waals surface area contributed by atoms with Crippen LogP contribution in [0, 0.1) is 0 Å². The predicted octanol–water partition coefficient (Wildman–Crippen LogP) is -21.8. The Hall–Kier alpha value is 4.47. The third-order valence-electron chi connectivity index (χ3n) is 0. The molecule has 0 amide bonds. The Morgan fingerprint density at radius 3 is 0.0882 bits per heavy atom. The first-order valence-corrected chi connectivity index (χ1v) is 0. The van der Waals surface area contributed by atoms with Crippen molar-refractivity contribution in [1.82, 2.24) is 0 Å². The van der Waals surface area contributed by atoms with Gasteiger partial charge < -0.3 is 142 Å². The van der Waals surface area contributed by atoms with E-state index in [4.69, 9.17) is 0 Å². The van der Waals surface area contributed by atoms with Crippen molar-refractivity contribution in [1.29, 1.82) is 0 Å². The summed E-state index contributed by atoms with van der Waals surface area (Å²) in [6.45, 7) is 0. The molecule has 0 aromatic carbocycles. The minimum absolute atomic E-state index is 0. The van der Waals surface area contributed by atoms with Gasteiger partial charge in [0.1, 0.15) is 0 Å². The van der Waals surface area contributed by atoms with Crippen LogP contribution in [-0.4, -0.2) is 126 Å². The monoisotopic (exact) mass is 1940 g/mol. The summed E-state index contributed by atoms with van der Waals surface area (Å²) in [5, 5.41) is 0. The van der Waals surface area contributed by atoms with Crippen molar-refractivity contribution < 1.29 is 311 Å². The van der Waals surface area contributed by atoms with Crippen LogP contribution < -0.4 is 0 Å². The summed E-state index contributed by atoms with van der Waals surface area (Å²) in [6, 6.07) is 0. The largest absolute Gasteiger partial charge is 0.457 e. The van der Waals surface area contributed by atoms with Crippen LogP contribution in [0.2, 0.25) is 0 Å². The van der Waals surface area contributed by atoms with Gasteiger partial charge in [-0.2, -0.15) is 0 Å². The Morgan fingerprint density at radius 2 is 0.0882 bits per heavy atom. The Labute approximate surface area is 307 Å². The quantitative estimate of drug-likeness (QED) is 0.204. The second-order valence-electron chi connectivity index (χ2n) is 0. The van der Waals surface area contributed by atoms with Gasteiger partial charge >= 0.3 is 0 Å². The van der Waals surface area contributed by atoms with Gasteiger partial charge in [0.2, 0.25) is 0 Å². The molecule has 0 saturated carbocycles. The molecule has 34 heteroatoms. The normalized spacial score (nSPS) is 0. The average Bonchev–Trinajstić information content (AvgIpc) is 0. The fourth-order valence-corrected chi connectivity index (χ4v) is 0. The maximum absolute atomic E-state index is 0. The molecular formula is H55O26W8+3. The van der Waals surface area contributed by atoms with Crippen molar-refractivity contribution in [3.8, 4) is 0 Å². The van der Waals surface area contributed by atoms with Crippen LogP contribution in [0.1, 0.15) is 0 Å². The van der Waals surface area contributed by atoms with Crippen molar-refractivity contribution in [2.24, 2.45) is 0 Å². The summed E-state index contributed by atoms with van der Waals surface area (Å²) in [5.74, 6) is 0. The van der Waals surface area contributed by atoms with E-state index in [1.54, 1.807) is 0 Å². The molecule has 0 fully saturated rings. The van der Waals surface area contributed by atoms with E-state index in [1.165, 1.54) is 0 Å². The summed E-state index contributed by atoms with van der Waals surface area (Å²) in [4.78, 5) is 0. The van der Waals surface area contributed by atoms with Crippen molar-refractivity contribution in [2.75, 3.05) is 0 Å². The molecule has 0 aliphatic rings. The molecule has 0 aromatic heterocycles.